The number of nitrogens with one attached hydrogen (secondary N) is 2. The first-order chi connectivity index (χ1) is 14.3. The fraction of sp³-hybridized carbons (Fsp3) is 0.261. The van der Waals surface area contributed by atoms with Crippen molar-refractivity contribution in [2.45, 2.75) is 25.8 Å². The van der Waals surface area contributed by atoms with Crippen molar-refractivity contribution in [3.8, 4) is 11.1 Å². The Kier molecular flexibility index (Phi) is 6.12. The number of benzene rings is 1. The van der Waals surface area contributed by atoms with Gasteiger partial charge in [0.1, 0.15) is 0 Å². The van der Waals surface area contributed by atoms with Gasteiger partial charge in [-0.05, 0) is 61.3 Å². The Morgan fingerprint density at radius 1 is 1.17 bits per heavy atom. The minimum atomic E-state index is -0.165. The van der Waals surface area contributed by atoms with Crippen molar-refractivity contribution in [1.29, 1.82) is 0 Å². The van der Waals surface area contributed by atoms with Gasteiger partial charge < -0.3 is 5.32 Å². The second-order valence-corrected chi connectivity index (χ2v) is 7.31. The van der Waals surface area contributed by atoms with Crippen LogP contribution in [0.4, 0.5) is 5.69 Å². The quantitative estimate of drug-likeness (QED) is 0.624. The zero-order valence-corrected chi connectivity index (χ0v) is 16.3. The average molecular weight is 387 g/mol. The molecule has 0 unspecified atom stereocenters. The van der Waals surface area contributed by atoms with Crippen LogP contribution in [0.3, 0.4) is 0 Å². The van der Waals surface area contributed by atoms with Gasteiger partial charge in [0.05, 0.1) is 6.20 Å². The molecular weight excluding hydrogens is 362 g/mol. The third-order valence-corrected chi connectivity index (χ3v) is 5.12. The Labute approximate surface area is 170 Å². The number of nitrogens with zero attached hydrogens (tertiary/aromatic N) is 3. The summed E-state index contributed by atoms with van der Waals surface area (Å²) in [4.78, 5) is 19.1. The Bertz CT molecular complexity index is 974. The highest BCUT2D eigenvalue weighted by atomic mass is 16.1. The Morgan fingerprint density at radius 2 is 2.07 bits per heavy atom. The van der Waals surface area contributed by atoms with Crippen molar-refractivity contribution in [1.82, 2.24) is 20.1 Å². The standard InChI is InChI=1S/C23H25N5O/c29-23(8-7-19-14-24-10-9-22(19)20-15-25-26-16-20)27-21-6-4-5-18(13-21)17-28-11-2-1-3-12-28/h4-10,13-16H,1-3,11-12,17H2,(H,25,26)(H,27,29)/b8-7+. The number of hydrogen-bond acceptors (Lipinski definition) is 4. The maximum atomic E-state index is 12.4. The van der Waals surface area contributed by atoms with Crippen LogP contribution in [0.5, 0.6) is 0 Å². The number of hydrogen-bond donors (Lipinski definition) is 2. The van der Waals surface area contributed by atoms with Crippen LogP contribution < -0.4 is 5.32 Å². The maximum Gasteiger partial charge on any atom is 0.248 e. The molecule has 6 heteroatoms. The summed E-state index contributed by atoms with van der Waals surface area (Å²) >= 11 is 0. The number of aromatic nitrogens is 3. The molecule has 0 aliphatic carbocycles. The molecule has 0 bridgehead atoms. The lowest BCUT2D eigenvalue weighted by Crippen LogP contribution is -2.29. The van der Waals surface area contributed by atoms with Crippen molar-refractivity contribution < 1.29 is 4.79 Å². The van der Waals surface area contributed by atoms with E-state index in [0.29, 0.717) is 0 Å². The Hall–Kier alpha value is -3.25. The summed E-state index contributed by atoms with van der Waals surface area (Å²) in [6.07, 6.45) is 14.2. The van der Waals surface area contributed by atoms with E-state index < -0.39 is 0 Å². The van der Waals surface area contributed by atoms with Gasteiger partial charge in [-0.2, -0.15) is 5.10 Å². The van der Waals surface area contributed by atoms with E-state index in [1.165, 1.54) is 30.9 Å². The fourth-order valence-corrected chi connectivity index (χ4v) is 3.67. The molecule has 3 aromatic rings. The highest BCUT2D eigenvalue weighted by molar-refractivity contribution is 6.02. The van der Waals surface area contributed by atoms with Gasteiger partial charge in [0.2, 0.25) is 5.91 Å². The number of carbonyl (C=O) groups is 1. The summed E-state index contributed by atoms with van der Waals surface area (Å²) in [5.74, 6) is -0.165. The highest BCUT2D eigenvalue weighted by Crippen LogP contribution is 2.22. The molecule has 2 N–H and O–H groups in total. The molecule has 1 aliphatic heterocycles. The number of rotatable bonds is 6. The number of pyridine rings is 1. The van der Waals surface area contributed by atoms with Gasteiger partial charge in [-0.1, -0.05) is 18.6 Å². The third kappa shape index (κ3) is 5.18. The lowest BCUT2D eigenvalue weighted by atomic mass is 10.0. The molecular formula is C23H25N5O. The van der Waals surface area contributed by atoms with Gasteiger partial charge in [-0.15, -0.1) is 0 Å². The van der Waals surface area contributed by atoms with Crippen molar-refractivity contribution in [3.63, 3.8) is 0 Å². The topological polar surface area (TPSA) is 73.9 Å². The summed E-state index contributed by atoms with van der Waals surface area (Å²) < 4.78 is 0. The summed E-state index contributed by atoms with van der Waals surface area (Å²) in [5.41, 5.74) is 4.83. The second-order valence-electron chi connectivity index (χ2n) is 7.31. The molecule has 1 saturated heterocycles. The summed E-state index contributed by atoms with van der Waals surface area (Å²) in [6, 6.07) is 10.0. The van der Waals surface area contributed by atoms with E-state index in [0.717, 1.165) is 42.0 Å². The van der Waals surface area contributed by atoms with Crippen molar-refractivity contribution in [2.75, 3.05) is 18.4 Å². The van der Waals surface area contributed by atoms with E-state index in [4.69, 9.17) is 0 Å². The zero-order valence-electron chi connectivity index (χ0n) is 16.3. The summed E-state index contributed by atoms with van der Waals surface area (Å²) in [5, 5.41) is 9.76. The maximum absolute atomic E-state index is 12.4. The Balaban J connectivity index is 1.41. The molecule has 6 nitrogen and oxygen atoms in total. The summed E-state index contributed by atoms with van der Waals surface area (Å²) in [6.45, 7) is 3.25. The molecule has 1 amide bonds. The molecule has 4 rings (SSSR count). The average Bonchev–Trinajstić information content (AvgIpc) is 3.28. The van der Waals surface area contributed by atoms with Crippen LogP contribution in [0.15, 0.2) is 61.2 Å². The first-order valence-corrected chi connectivity index (χ1v) is 10.0. The monoisotopic (exact) mass is 387 g/mol. The SMILES string of the molecule is O=C(/C=C/c1cnccc1-c1cn[nH]c1)Nc1cccc(CN2CCCCC2)c1. The fourth-order valence-electron chi connectivity index (χ4n) is 3.67. The molecule has 1 aromatic carbocycles. The van der Waals surface area contributed by atoms with Crippen LogP contribution in [0.1, 0.15) is 30.4 Å². The molecule has 0 saturated carbocycles. The van der Waals surface area contributed by atoms with Gasteiger partial charge >= 0.3 is 0 Å². The van der Waals surface area contributed by atoms with E-state index in [1.54, 1.807) is 24.7 Å². The predicted octanol–water partition coefficient (Wildman–Crippen LogP) is 4.11. The predicted molar refractivity (Wildman–Crippen MR) is 115 cm³/mol. The van der Waals surface area contributed by atoms with Gasteiger partial charge in [0.15, 0.2) is 0 Å². The molecule has 3 heterocycles. The van der Waals surface area contributed by atoms with Gasteiger partial charge in [-0.25, -0.2) is 0 Å². The molecule has 1 fully saturated rings. The van der Waals surface area contributed by atoms with Crippen molar-refractivity contribution in [3.05, 3.63) is 72.3 Å². The number of amides is 1. The third-order valence-electron chi connectivity index (χ3n) is 5.12. The van der Waals surface area contributed by atoms with Gasteiger partial charge in [0.25, 0.3) is 0 Å². The van der Waals surface area contributed by atoms with Crippen LogP contribution in [-0.4, -0.2) is 39.1 Å². The van der Waals surface area contributed by atoms with Crippen molar-refractivity contribution >= 4 is 17.7 Å². The lowest BCUT2D eigenvalue weighted by Gasteiger charge is -2.26. The number of anilines is 1. The lowest BCUT2D eigenvalue weighted by molar-refractivity contribution is -0.111. The first kappa shape index (κ1) is 19.1. The van der Waals surface area contributed by atoms with Gasteiger partial charge in [0, 0.05) is 48.0 Å². The number of likely N-dealkylation sites (tertiary alicyclic amines) is 1. The van der Waals surface area contributed by atoms with E-state index in [1.807, 2.05) is 24.4 Å². The smallest absolute Gasteiger partial charge is 0.248 e. The Morgan fingerprint density at radius 3 is 2.90 bits per heavy atom. The molecule has 0 radical (unpaired) electrons. The van der Waals surface area contributed by atoms with Crippen LogP contribution in [-0.2, 0) is 11.3 Å². The van der Waals surface area contributed by atoms with E-state index in [-0.39, 0.29) is 5.91 Å². The normalized spacial score (nSPS) is 14.9. The van der Waals surface area contributed by atoms with E-state index in [9.17, 15) is 4.79 Å². The molecule has 1 aliphatic rings. The highest BCUT2D eigenvalue weighted by Gasteiger charge is 2.11. The van der Waals surface area contributed by atoms with Crippen LogP contribution in [0.2, 0.25) is 0 Å². The largest absolute Gasteiger partial charge is 0.323 e. The summed E-state index contributed by atoms with van der Waals surface area (Å²) in [7, 11) is 0. The minimum absolute atomic E-state index is 0.165. The first-order valence-electron chi connectivity index (χ1n) is 10.0. The second kappa shape index (κ2) is 9.30. The number of H-pyrrole nitrogens is 1. The molecule has 0 atom stereocenters. The molecule has 29 heavy (non-hydrogen) atoms. The molecule has 0 spiro atoms. The number of aromatic amines is 1. The van der Waals surface area contributed by atoms with Gasteiger partial charge in [-0.3, -0.25) is 19.8 Å². The van der Waals surface area contributed by atoms with E-state index in [2.05, 4.69) is 37.5 Å². The zero-order chi connectivity index (χ0) is 19.9. The number of carbonyl (C=O) groups excluding carboxylic acids is 1. The van der Waals surface area contributed by atoms with Crippen LogP contribution in [0.25, 0.3) is 17.2 Å². The molecule has 2 aromatic heterocycles. The minimum Gasteiger partial charge on any atom is -0.323 e. The number of piperidine rings is 1. The van der Waals surface area contributed by atoms with Crippen LogP contribution in [0, 0.1) is 0 Å². The van der Waals surface area contributed by atoms with Crippen molar-refractivity contribution in [2.24, 2.45) is 0 Å². The van der Waals surface area contributed by atoms with E-state index >= 15 is 0 Å². The molecule has 148 valence electrons. The van der Waals surface area contributed by atoms with Crippen LogP contribution >= 0.6 is 0 Å².